The fourth-order valence-corrected chi connectivity index (χ4v) is 6.46. The summed E-state index contributed by atoms with van der Waals surface area (Å²) in [6.45, 7) is 2.98. The third-order valence-electron chi connectivity index (χ3n) is 2.62. The number of nitrogens with zero attached hydrogens (tertiary/aromatic N) is 1. The van der Waals surface area contributed by atoms with Crippen LogP contribution in [0, 0.1) is 0 Å². The van der Waals surface area contributed by atoms with Crippen LogP contribution in [-0.2, 0) is 9.84 Å². The van der Waals surface area contributed by atoms with E-state index in [4.69, 9.17) is 12.2 Å². The summed E-state index contributed by atoms with van der Waals surface area (Å²) in [6.07, 6.45) is 1.02. The highest BCUT2D eigenvalue weighted by Gasteiger charge is 2.47. The second kappa shape index (κ2) is 3.64. The normalized spacial score (nSPS) is 34.9. The Balaban J connectivity index is 2.17. The SMILES string of the molecule is CCCN1C(=S)S[C@@H]2CS(=O)(=O)C[C@H]21. The van der Waals surface area contributed by atoms with E-state index in [1.54, 1.807) is 11.8 Å². The molecule has 80 valence electrons. The number of thioether (sulfide) groups is 1. The van der Waals surface area contributed by atoms with Gasteiger partial charge in [-0.15, -0.1) is 0 Å². The van der Waals surface area contributed by atoms with E-state index in [9.17, 15) is 8.42 Å². The van der Waals surface area contributed by atoms with E-state index in [1.807, 2.05) is 0 Å². The molecule has 0 aromatic rings. The maximum Gasteiger partial charge on any atom is 0.153 e. The summed E-state index contributed by atoms with van der Waals surface area (Å²) in [5, 5.41) is 0.194. The lowest BCUT2D eigenvalue weighted by molar-refractivity contribution is 0.362. The van der Waals surface area contributed by atoms with Gasteiger partial charge in [0.15, 0.2) is 9.84 Å². The summed E-state index contributed by atoms with van der Waals surface area (Å²) in [6, 6.07) is 0.150. The van der Waals surface area contributed by atoms with Gasteiger partial charge in [-0.3, -0.25) is 0 Å². The molecule has 0 unspecified atom stereocenters. The molecular formula is C8H13NO2S3. The van der Waals surface area contributed by atoms with Crippen molar-refractivity contribution in [2.75, 3.05) is 18.1 Å². The third kappa shape index (κ3) is 1.79. The number of fused-ring (bicyclic) bond motifs is 1. The topological polar surface area (TPSA) is 37.4 Å². The smallest absolute Gasteiger partial charge is 0.153 e. The highest BCUT2D eigenvalue weighted by Crippen LogP contribution is 2.37. The molecule has 2 rings (SSSR count). The Morgan fingerprint density at radius 2 is 2.29 bits per heavy atom. The molecule has 2 aliphatic rings. The van der Waals surface area contributed by atoms with Crippen LogP contribution in [0.15, 0.2) is 0 Å². The summed E-state index contributed by atoms with van der Waals surface area (Å²) in [4.78, 5) is 2.09. The Bertz CT molecular complexity index is 352. The zero-order chi connectivity index (χ0) is 10.3. The van der Waals surface area contributed by atoms with Gasteiger partial charge in [-0.2, -0.15) is 0 Å². The van der Waals surface area contributed by atoms with Gasteiger partial charge in [0.1, 0.15) is 4.32 Å². The van der Waals surface area contributed by atoms with Gasteiger partial charge in [0.2, 0.25) is 0 Å². The predicted octanol–water partition coefficient (Wildman–Crippen LogP) is 0.896. The lowest BCUT2D eigenvalue weighted by atomic mass is 10.2. The maximum atomic E-state index is 11.4. The van der Waals surface area contributed by atoms with Crippen molar-refractivity contribution in [3.63, 3.8) is 0 Å². The van der Waals surface area contributed by atoms with Gasteiger partial charge in [0, 0.05) is 11.8 Å². The second-order valence-electron chi connectivity index (χ2n) is 3.76. The molecule has 2 fully saturated rings. The zero-order valence-electron chi connectivity index (χ0n) is 7.97. The summed E-state index contributed by atoms with van der Waals surface area (Å²) >= 11 is 6.79. The molecule has 0 N–H and O–H groups in total. The molecule has 2 atom stereocenters. The molecule has 14 heavy (non-hydrogen) atoms. The summed E-state index contributed by atoms with van der Waals surface area (Å²) in [5.41, 5.74) is 0. The fourth-order valence-electron chi connectivity index (χ4n) is 2.03. The Kier molecular flexibility index (Phi) is 2.79. The Morgan fingerprint density at radius 3 is 2.93 bits per heavy atom. The van der Waals surface area contributed by atoms with E-state index in [0.717, 1.165) is 17.3 Å². The Hall–Kier alpha value is 0.190. The minimum Gasteiger partial charge on any atom is -0.352 e. The molecule has 2 heterocycles. The molecule has 0 aromatic carbocycles. The molecule has 0 saturated carbocycles. The molecule has 0 bridgehead atoms. The standard InChI is InChI=1S/C8H13NO2S3/c1-2-3-9-6-4-14(10,11)5-7(6)13-8(9)12/h6-7H,2-5H2,1H3/t6-,7-/m1/s1. The van der Waals surface area contributed by atoms with Crippen LogP contribution in [0.5, 0.6) is 0 Å². The molecule has 0 amide bonds. The van der Waals surface area contributed by atoms with Crippen molar-refractivity contribution in [3.05, 3.63) is 0 Å². The molecule has 0 spiro atoms. The molecule has 0 aliphatic carbocycles. The van der Waals surface area contributed by atoms with Crippen molar-refractivity contribution in [1.82, 2.24) is 4.90 Å². The Labute approximate surface area is 94.1 Å². The third-order valence-corrected chi connectivity index (χ3v) is 6.29. The van der Waals surface area contributed by atoms with Gasteiger partial charge in [-0.1, -0.05) is 30.9 Å². The lowest BCUT2D eigenvalue weighted by Gasteiger charge is -2.22. The molecule has 0 aromatic heterocycles. The fraction of sp³-hybridized carbons (Fsp3) is 0.875. The van der Waals surface area contributed by atoms with Gasteiger partial charge in [-0.05, 0) is 6.42 Å². The number of rotatable bonds is 2. The van der Waals surface area contributed by atoms with Crippen molar-refractivity contribution >= 4 is 38.1 Å². The van der Waals surface area contributed by atoms with Crippen LogP contribution in [0.3, 0.4) is 0 Å². The van der Waals surface area contributed by atoms with E-state index in [-0.39, 0.29) is 11.3 Å². The van der Waals surface area contributed by atoms with E-state index < -0.39 is 9.84 Å². The van der Waals surface area contributed by atoms with Crippen LogP contribution in [0.4, 0.5) is 0 Å². The highest BCUT2D eigenvalue weighted by atomic mass is 32.2. The first-order valence-electron chi connectivity index (χ1n) is 4.71. The average molecular weight is 251 g/mol. The van der Waals surface area contributed by atoms with Crippen LogP contribution < -0.4 is 0 Å². The minimum absolute atomic E-state index is 0.150. The largest absolute Gasteiger partial charge is 0.352 e. The monoisotopic (exact) mass is 251 g/mol. The van der Waals surface area contributed by atoms with Crippen LogP contribution in [0.2, 0.25) is 0 Å². The van der Waals surface area contributed by atoms with Crippen LogP contribution in [0.1, 0.15) is 13.3 Å². The molecule has 2 aliphatic heterocycles. The number of sulfone groups is 1. The molecule has 3 nitrogen and oxygen atoms in total. The first kappa shape index (κ1) is 10.7. The van der Waals surface area contributed by atoms with Crippen molar-refractivity contribution in [2.45, 2.75) is 24.6 Å². The number of thiocarbonyl (C=S) groups is 1. The molecule has 6 heteroatoms. The predicted molar refractivity (Wildman–Crippen MR) is 63.4 cm³/mol. The van der Waals surface area contributed by atoms with Crippen molar-refractivity contribution < 1.29 is 8.42 Å². The van der Waals surface area contributed by atoms with Crippen LogP contribution >= 0.6 is 24.0 Å². The summed E-state index contributed by atoms with van der Waals surface area (Å²) in [7, 11) is -2.80. The van der Waals surface area contributed by atoms with Gasteiger partial charge in [0.25, 0.3) is 0 Å². The molecule has 2 saturated heterocycles. The summed E-state index contributed by atoms with van der Waals surface area (Å²) < 4.78 is 23.7. The van der Waals surface area contributed by atoms with Crippen LogP contribution in [0.25, 0.3) is 0 Å². The number of hydrogen-bond donors (Lipinski definition) is 0. The Morgan fingerprint density at radius 1 is 1.57 bits per heavy atom. The number of hydrogen-bond acceptors (Lipinski definition) is 4. The van der Waals surface area contributed by atoms with E-state index >= 15 is 0 Å². The van der Waals surface area contributed by atoms with Crippen LogP contribution in [-0.4, -0.2) is 47.0 Å². The zero-order valence-corrected chi connectivity index (χ0v) is 10.4. The lowest BCUT2D eigenvalue weighted by Crippen LogP contribution is -2.37. The first-order valence-corrected chi connectivity index (χ1v) is 7.82. The van der Waals surface area contributed by atoms with E-state index in [2.05, 4.69) is 11.8 Å². The minimum atomic E-state index is -2.80. The maximum absolute atomic E-state index is 11.4. The van der Waals surface area contributed by atoms with Gasteiger partial charge in [-0.25, -0.2) is 8.42 Å². The van der Waals surface area contributed by atoms with Crippen molar-refractivity contribution in [1.29, 1.82) is 0 Å². The van der Waals surface area contributed by atoms with Crippen molar-refractivity contribution in [2.24, 2.45) is 0 Å². The van der Waals surface area contributed by atoms with E-state index in [0.29, 0.717) is 11.5 Å². The van der Waals surface area contributed by atoms with Crippen molar-refractivity contribution in [3.8, 4) is 0 Å². The highest BCUT2D eigenvalue weighted by molar-refractivity contribution is 8.24. The van der Waals surface area contributed by atoms with E-state index in [1.165, 1.54) is 0 Å². The molecular weight excluding hydrogens is 238 g/mol. The summed E-state index contributed by atoms with van der Waals surface area (Å²) in [5.74, 6) is 0.605. The first-order chi connectivity index (χ1) is 6.53. The quantitative estimate of drug-likeness (QED) is 0.682. The van der Waals surface area contributed by atoms with Gasteiger partial charge >= 0.3 is 0 Å². The average Bonchev–Trinajstić information content (AvgIpc) is 2.47. The van der Waals surface area contributed by atoms with Gasteiger partial charge < -0.3 is 4.90 Å². The van der Waals surface area contributed by atoms with Gasteiger partial charge in [0.05, 0.1) is 17.5 Å². The second-order valence-corrected chi connectivity index (χ2v) is 7.79. The molecule has 0 radical (unpaired) electrons.